The molecule has 6 nitrogen and oxygen atoms in total. The van der Waals surface area contributed by atoms with Crippen molar-refractivity contribution in [3.8, 4) is 0 Å². The minimum absolute atomic E-state index is 0.102. The third-order valence-electron chi connectivity index (χ3n) is 2.38. The van der Waals surface area contributed by atoms with Gasteiger partial charge in [0.25, 0.3) is 5.48 Å². The second kappa shape index (κ2) is 6.64. The lowest BCUT2D eigenvalue weighted by atomic mass is 10.5. The molecule has 0 saturated carbocycles. The van der Waals surface area contributed by atoms with Gasteiger partial charge in [-0.15, -0.1) is 0 Å². The summed E-state index contributed by atoms with van der Waals surface area (Å²) in [6.07, 6.45) is 1.46. The molecule has 0 aromatic rings. The first-order valence-electron chi connectivity index (χ1n) is 5.29. The van der Waals surface area contributed by atoms with Gasteiger partial charge in [-0.1, -0.05) is 0 Å². The highest BCUT2D eigenvalue weighted by molar-refractivity contribution is 7.51. The van der Waals surface area contributed by atoms with E-state index in [4.69, 9.17) is 9.84 Å². The zero-order valence-corrected chi connectivity index (χ0v) is 12.1. The second-order valence-electron chi connectivity index (χ2n) is 4.69. The van der Waals surface area contributed by atoms with E-state index in [0.29, 0.717) is 10.6 Å². The van der Waals surface area contributed by atoms with Crippen molar-refractivity contribution in [1.29, 1.82) is 0 Å². The van der Waals surface area contributed by atoms with Crippen molar-refractivity contribution in [1.82, 2.24) is 0 Å². The topological polar surface area (TPSA) is 86.7 Å². The molecule has 0 aromatic heterocycles. The molecule has 2 atom stereocenters. The van der Waals surface area contributed by atoms with Crippen LogP contribution in [0.15, 0.2) is 12.2 Å². The SMILES string of the molecule is C/C(OC(=O)/C=C/C(=O)O)=[P+](/[O-])C(C)[N+](C)(C)C. The summed E-state index contributed by atoms with van der Waals surface area (Å²) >= 11 is 0. The highest BCUT2D eigenvalue weighted by atomic mass is 31.1. The van der Waals surface area contributed by atoms with Crippen LogP contribution in [0.3, 0.4) is 0 Å². The molecule has 102 valence electrons. The lowest BCUT2D eigenvalue weighted by Gasteiger charge is -2.28. The number of hydrogen-bond donors (Lipinski definition) is 1. The van der Waals surface area contributed by atoms with Crippen LogP contribution in [0.5, 0.6) is 0 Å². The standard InChI is InChI=1S/C11H18NO5P/c1-8(12(3,4)5)18(16)9(2)17-11(15)7-6-10(13)14/h6-8H,1-5H3/p+1/b7-6+. The molecule has 0 fully saturated rings. The molecular weight excluding hydrogens is 257 g/mol. The van der Waals surface area contributed by atoms with Gasteiger partial charge in [0, 0.05) is 26.0 Å². The minimum atomic E-state index is -1.84. The molecule has 0 rings (SSSR count). The largest absolute Gasteiger partial charge is 0.623 e. The van der Waals surface area contributed by atoms with Gasteiger partial charge >= 0.3 is 11.9 Å². The van der Waals surface area contributed by atoms with Gasteiger partial charge < -0.3 is 14.7 Å². The first-order valence-corrected chi connectivity index (χ1v) is 6.62. The Morgan fingerprint density at radius 3 is 2.22 bits per heavy atom. The van der Waals surface area contributed by atoms with E-state index >= 15 is 0 Å². The summed E-state index contributed by atoms with van der Waals surface area (Å²) in [5.41, 5.74) is 0.102. The zero-order chi connectivity index (χ0) is 14.5. The van der Waals surface area contributed by atoms with Gasteiger partial charge in [0.15, 0.2) is 7.77 Å². The maximum absolute atomic E-state index is 12.0. The van der Waals surface area contributed by atoms with Crippen LogP contribution in [0.1, 0.15) is 13.8 Å². The number of hydrogen-bond acceptors (Lipinski definition) is 4. The number of carbonyl (C=O) groups excluding carboxylic acids is 1. The van der Waals surface area contributed by atoms with Crippen LogP contribution < -0.4 is 4.89 Å². The smallest absolute Gasteiger partial charge is 0.338 e. The van der Waals surface area contributed by atoms with E-state index in [0.717, 1.165) is 6.08 Å². The fourth-order valence-corrected chi connectivity index (χ4v) is 2.28. The first-order chi connectivity index (χ1) is 8.05. The lowest BCUT2D eigenvalue weighted by Crippen LogP contribution is -2.43. The number of rotatable bonds is 5. The molecule has 0 saturated heterocycles. The van der Waals surface area contributed by atoms with Gasteiger partial charge in [-0.3, -0.25) is 4.48 Å². The third-order valence-corrected chi connectivity index (χ3v) is 4.46. The van der Waals surface area contributed by atoms with Crippen LogP contribution >= 0.6 is 7.77 Å². The van der Waals surface area contributed by atoms with E-state index in [1.54, 1.807) is 6.92 Å². The molecule has 1 N–H and O–H groups in total. The van der Waals surface area contributed by atoms with Crippen LogP contribution in [0.4, 0.5) is 0 Å². The summed E-state index contributed by atoms with van der Waals surface area (Å²) in [6, 6.07) is 0. The van der Waals surface area contributed by atoms with E-state index in [2.05, 4.69) is 0 Å². The Labute approximate surface area is 108 Å². The van der Waals surface area contributed by atoms with Crippen molar-refractivity contribution < 1.29 is 28.8 Å². The van der Waals surface area contributed by atoms with Crippen molar-refractivity contribution >= 4 is 25.2 Å². The number of ether oxygens (including phenoxy) is 1. The Balaban J connectivity index is 4.79. The molecule has 0 aliphatic rings. The molecule has 0 radical (unpaired) electrons. The van der Waals surface area contributed by atoms with Crippen LogP contribution in [0.25, 0.3) is 0 Å². The maximum Gasteiger partial charge on any atom is 0.338 e. The van der Waals surface area contributed by atoms with E-state index in [1.165, 1.54) is 6.92 Å². The Hall–Kier alpha value is -1.23. The predicted molar refractivity (Wildman–Crippen MR) is 68.0 cm³/mol. The van der Waals surface area contributed by atoms with Gasteiger partial charge in [-0.2, -0.15) is 0 Å². The van der Waals surface area contributed by atoms with Crippen molar-refractivity contribution in [2.75, 3.05) is 21.1 Å². The molecule has 2 unspecified atom stereocenters. The summed E-state index contributed by atoms with van der Waals surface area (Å²) in [5.74, 6) is -2.29. The van der Waals surface area contributed by atoms with Crippen molar-refractivity contribution in [2.24, 2.45) is 0 Å². The van der Waals surface area contributed by atoms with Gasteiger partial charge in [0.05, 0.1) is 21.1 Å². The molecule has 0 aliphatic heterocycles. The van der Waals surface area contributed by atoms with Crippen molar-refractivity contribution in [3.63, 3.8) is 0 Å². The van der Waals surface area contributed by atoms with Gasteiger partial charge in [-0.25, -0.2) is 9.59 Å². The van der Waals surface area contributed by atoms with Crippen LogP contribution in [0, 0.1) is 0 Å². The van der Waals surface area contributed by atoms with E-state index in [-0.39, 0.29) is 11.3 Å². The summed E-state index contributed by atoms with van der Waals surface area (Å²) < 4.78 is 5.28. The van der Waals surface area contributed by atoms with Gasteiger partial charge in [0.1, 0.15) is 0 Å². The van der Waals surface area contributed by atoms with Gasteiger partial charge in [0.2, 0.25) is 5.78 Å². The number of quaternary nitrogens is 1. The highest BCUT2D eigenvalue weighted by Crippen LogP contribution is 2.27. The van der Waals surface area contributed by atoms with E-state index in [9.17, 15) is 14.5 Å². The quantitative estimate of drug-likeness (QED) is 0.334. The Kier molecular flexibility index (Phi) is 6.18. The number of carboxylic acids is 1. The van der Waals surface area contributed by atoms with Crippen LogP contribution in [0.2, 0.25) is 0 Å². The average Bonchev–Trinajstić information content (AvgIpc) is 2.22. The van der Waals surface area contributed by atoms with Crippen molar-refractivity contribution in [2.45, 2.75) is 19.6 Å². The van der Waals surface area contributed by atoms with E-state index < -0.39 is 19.7 Å². The fourth-order valence-electron chi connectivity index (χ4n) is 0.942. The molecule has 0 spiro atoms. The molecule has 0 aromatic carbocycles. The minimum Gasteiger partial charge on any atom is -0.623 e. The maximum atomic E-state index is 12.0. The Bertz CT molecular complexity index is 395. The summed E-state index contributed by atoms with van der Waals surface area (Å²) in [4.78, 5) is 33.5. The second-order valence-corrected chi connectivity index (χ2v) is 6.71. The molecular formula is C11H19NO5P+. The molecule has 7 heteroatoms. The summed E-state index contributed by atoms with van der Waals surface area (Å²) in [5, 5.41) is 8.34. The van der Waals surface area contributed by atoms with E-state index in [1.807, 2.05) is 21.1 Å². The highest BCUT2D eigenvalue weighted by Gasteiger charge is 2.29. The third kappa shape index (κ3) is 5.91. The number of aliphatic carboxylic acids is 1. The number of esters is 1. The normalized spacial score (nSPS) is 15.2. The summed E-state index contributed by atoms with van der Waals surface area (Å²) in [6.45, 7) is 3.25. The number of carbonyl (C=O) groups is 2. The van der Waals surface area contributed by atoms with Crippen LogP contribution in [-0.2, 0) is 14.3 Å². The molecule has 0 bridgehead atoms. The Morgan fingerprint density at radius 2 is 1.83 bits per heavy atom. The average molecular weight is 276 g/mol. The number of nitrogens with zero attached hydrogens (tertiary/aromatic N) is 1. The lowest BCUT2D eigenvalue weighted by molar-refractivity contribution is -0.880. The Morgan fingerprint density at radius 1 is 1.33 bits per heavy atom. The number of carboxylic acid groups (broad SMARTS) is 1. The monoisotopic (exact) mass is 276 g/mol. The van der Waals surface area contributed by atoms with Crippen LogP contribution in [-0.4, -0.2) is 53.9 Å². The summed E-state index contributed by atoms with van der Waals surface area (Å²) in [7, 11) is 3.82. The molecule has 18 heavy (non-hydrogen) atoms. The molecule has 0 amide bonds. The fraction of sp³-hybridized carbons (Fsp3) is 0.545. The molecule has 0 heterocycles. The zero-order valence-electron chi connectivity index (χ0n) is 11.2. The van der Waals surface area contributed by atoms with Gasteiger partial charge in [-0.05, 0) is 0 Å². The first kappa shape index (κ1) is 16.8. The predicted octanol–water partition coefficient (Wildman–Crippen LogP) is 0.130. The van der Waals surface area contributed by atoms with Crippen molar-refractivity contribution in [3.05, 3.63) is 12.2 Å². The molecule has 0 aliphatic carbocycles.